The zero-order valence-electron chi connectivity index (χ0n) is 13.6. The maximum atomic E-state index is 12.3. The molecule has 24 heavy (non-hydrogen) atoms. The van der Waals surface area contributed by atoms with Gasteiger partial charge in [0.2, 0.25) is 0 Å². The van der Waals surface area contributed by atoms with Gasteiger partial charge in [0.15, 0.2) is 0 Å². The molecule has 0 aliphatic rings. The Morgan fingerprint density at radius 1 is 0.875 bits per heavy atom. The van der Waals surface area contributed by atoms with Gasteiger partial charge in [-0.2, -0.15) is 0 Å². The van der Waals surface area contributed by atoms with Gasteiger partial charge in [-0.1, -0.05) is 24.3 Å². The third kappa shape index (κ3) is 3.76. The number of hydrogen-bond acceptors (Lipinski definition) is 4. The van der Waals surface area contributed by atoms with Crippen LogP contribution >= 0.6 is 0 Å². The molecular formula is C19H18N4O. The molecule has 0 fully saturated rings. The largest absolute Gasteiger partial charge is 0.340 e. The quantitative estimate of drug-likeness (QED) is 0.760. The molecule has 0 saturated carbocycles. The molecule has 0 aliphatic carbocycles. The van der Waals surface area contributed by atoms with Crippen molar-refractivity contribution in [3.63, 3.8) is 0 Å². The van der Waals surface area contributed by atoms with Gasteiger partial charge in [0.05, 0.1) is 0 Å². The molecule has 1 aromatic heterocycles. The Balaban J connectivity index is 1.76. The SMILES string of the molecule is Cc1ccc(Nc2cc(C(=O)Nc3ccccc3)ncn2)cc1C. The first-order valence-corrected chi connectivity index (χ1v) is 7.64. The van der Waals surface area contributed by atoms with Crippen LogP contribution in [0, 0.1) is 13.8 Å². The van der Waals surface area contributed by atoms with Crippen molar-refractivity contribution in [2.24, 2.45) is 0 Å². The first kappa shape index (κ1) is 15.7. The van der Waals surface area contributed by atoms with Crippen LogP contribution in [0.25, 0.3) is 0 Å². The third-order valence-electron chi connectivity index (χ3n) is 3.71. The predicted octanol–water partition coefficient (Wildman–Crippen LogP) is 4.09. The summed E-state index contributed by atoms with van der Waals surface area (Å²) >= 11 is 0. The second-order valence-electron chi connectivity index (χ2n) is 5.53. The van der Waals surface area contributed by atoms with E-state index in [1.165, 1.54) is 17.5 Å². The first-order valence-electron chi connectivity index (χ1n) is 7.64. The third-order valence-corrected chi connectivity index (χ3v) is 3.71. The van der Waals surface area contributed by atoms with E-state index < -0.39 is 0 Å². The summed E-state index contributed by atoms with van der Waals surface area (Å²) in [7, 11) is 0. The normalized spacial score (nSPS) is 10.2. The highest BCUT2D eigenvalue weighted by Gasteiger charge is 2.09. The van der Waals surface area contributed by atoms with Gasteiger partial charge in [-0.15, -0.1) is 0 Å². The van der Waals surface area contributed by atoms with Gasteiger partial charge >= 0.3 is 0 Å². The number of rotatable bonds is 4. The number of carbonyl (C=O) groups excluding carboxylic acids is 1. The van der Waals surface area contributed by atoms with Crippen LogP contribution in [0.2, 0.25) is 0 Å². The lowest BCUT2D eigenvalue weighted by atomic mass is 10.1. The molecule has 2 N–H and O–H groups in total. The lowest BCUT2D eigenvalue weighted by Crippen LogP contribution is -2.14. The lowest BCUT2D eigenvalue weighted by Gasteiger charge is -2.09. The van der Waals surface area contributed by atoms with Gasteiger partial charge in [0, 0.05) is 17.4 Å². The molecule has 0 spiro atoms. The van der Waals surface area contributed by atoms with Crippen molar-refractivity contribution < 1.29 is 4.79 Å². The molecule has 0 unspecified atom stereocenters. The summed E-state index contributed by atoms with van der Waals surface area (Å²) in [5, 5.41) is 6.01. The average Bonchev–Trinajstić information content (AvgIpc) is 2.59. The van der Waals surface area contributed by atoms with Crippen molar-refractivity contribution >= 4 is 23.1 Å². The number of anilines is 3. The van der Waals surface area contributed by atoms with Gasteiger partial charge in [0.25, 0.3) is 5.91 Å². The number of amides is 1. The second kappa shape index (κ2) is 6.91. The summed E-state index contributed by atoms with van der Waals surface area (Å²) in [6.45, 7) is 4.12. The van der Waals surface area contributed by atoms with E-state index in [9.17, 15) is 4.79 Å². The van der Waals surface area contributed by atoms with E-state index in [0.29, 0.717) is 11.5 Å². The fourth-order valence-corrected chi connectivity index (χ4v) is 2.23. The Morgan fingerprint density at radius 2 is 1.67 bits per heavy atom. The minimum Gasteiger partial charge on any atom is -0.340 e. The van der Waals surface area contributed by atoms with Crippen LogP contribution in [-0.2, 0) is 0 Å². The van der Waals surface area contributed by atoms with Crippen molar-refractivity contribution in [1.29, 1.82) is 0 Å². The first-order chi connectivity index (χ1) is 11.6. The molecular weight excluding hydrogens is 300 g/mol. The number of aromatic nitrogens is 2. The predicted molar refractivity (Wildman–Crippen MR) is 95.6 cm³/mol. The molecule has 5 nitrogen and oxygen atoms in total. The summed E-state index contributed by atoms with van der Waals surface area (Å²) in [6, 6.07) is 17.0. The van der Waals surface area contributed by atoms with E-state index in [-0.39, 0.29) is 5.91 Å². The van der Waals surface area contributed by atoms with Crippen molar-refractivity contribution in [2.75, 3.05) is 10.6 Å². The van der Waals surface area contributed by atoms with Crippen molar-refractivity contribution in [3.8, 4) is 0 Å². The highest BCUT2D eigenvalue weighted by Crippen LogP contribution is 2.18. The number of nitrogens with zero attached hydrogens (tertiary/aromatic N) is 2. The van der Waals surface area contributed by atoms with E-state index in [4.69, 9.17) is 0 Å². The minimum absolute atomic E-state index is 0.272. The number of carbonyl (C=O) groups is 1. The molecule has 0 atom stereocenters. The summed E-state index contributed by atoms with van der Waals surface area (Å²) < 4.78 is 0. The monoisotopic (exact) mass is 318 g/mol. The molecule has 0 radical (unpaired) electrons. The fraction of sp³-hybridized carbons (Fsp3) is 0.105. The highest BCUT2D eigenvalue weighted by atomic mass is 16.1. The van der Waals surface area contributed by atoms with E-state index in [0.717, 1.165) is 11.4 Å². The topological polar surface area (TPSA) is 66.9 Å². The maximum absolute atomic E-state index is 12.3. The average molecular weight is 318 g/mol. The van der Waals surface area contributed by atoms with Crippen molar-refractivity contribution in [3.05, 3.63) is 77.7 Å². The van der Waals surface area contributed by atoms with Gasteiger partial charge in [-0.05, 0) is 49.2 Å². The number of benzene rings is 2. The zero-order chi connectivity index (χ0) is 16.9. The molecule has 0 aliphatic heterocycles. The van der Waals surface area contributed by atoms with Crippen LogP contribution < -0.4 is 10.6 Å². The Labute approximate surface area is 140 Å². The molecule has 3 aromatic rings. The Kier molecular flexibility index (Phi) is 4.52. The van der Waals surface area contributed by atoms with Crippen molar-refractivity contribution in [2.45, 2.75) is 13.8 Å². The lowest BCUT2D eigenvalue weighted by molar-refractivity contribution is 0.102. The molecule has 0 bridgehead atoms. The summed E-state index contributed by atoms with van der Waals surface area (Å²) in [4.78, 5) is 20.5. The molecule has 1 amide bonds. The van der Waals surface area contributed by atoms with E-state index in [1.807, 2.05) is 48.5 Å². The van der Waals surface area contributed by atoms with Gasteiger partial charge < -0.3 is 10.6 Å². The fourth-order valence-electron chi connectivity index (χ4n) is 2.23. The Bertz CT molecular complexity index is 862. The summed E-state index contributed by atoms with van der Waals surface area (Å²) in [6.07, 6.45) is 1.38. The molecule has 2 aromatic carbocycles. The van der Waals surface area contributed by atoms with E-state index in [2.05, 4.69) is 34.4 Å². The van der Waals surface area contributed by atoms with Gasteiger partial charge in [-0.25, -0.2) is 9.97 Å². The molecule has 5 heteroatoms. The molecule has 1 heterocycles. The smallest absolute Gasteiger partial charge is 0.274 e. The van der Waals surface area contributed by atoms with Crippen LogP contribution in [0.15, 0.2) is 60.9 Å². The number of aryl methyl sites for hydroxylation is 2. The minimum atomic E-state index is -0.272. The Morgan fingerprint density at radius 3 is 2.42 bits per heavy atom. The molecule has 120 valence electrons. The zero-order valence-corrected chi connectivity index (χ0v) is 13.6. The van der Waals surface area contributed by atoms with Crippen LogP contribution in [0.3, 0.4) is 0 Å². The summed E-state index contributed by atoms with van der Waals surface area (Å²) in [5.41, 5.74) is 4.37. The molecule has 3 rings (SSSR count). The maximum Gasteiger partial charge on any atom is 0.274 e. The van der Waals surface area contributed by atoms with Crippen LogP contribution in [0.5, 0.6) is 0 Å². The number of para-hydroxylation sites is 1. The second-order valence-corrected chi connectivity index (χ2v) is 5.53. The van der Waals surface area contributed by atoms with E-state index >= 15 is 0 Å². The van der Waals surface area contributed by atoms with Gasteiger partial charge in [-0.3, -0.25) is 4.79 Å². The van der Waals surface area contributed by atoms with Crippen LogP contribution in [0.4, 0.5) is 17.2 Å². The van der Waals surface area contributed by atoms with Gasteiger partial charge in [0.1, 0.15) is 17.8 Å². The highest BCUT2D eigenvalue weighted by molar-refractivity contribution is 6.03. The molecule has 0 saturated heterocycles. The van der Waals surface area contributed by atoms with Crippen molar-refractivity contribution in [1.82, 2.24) is 9.97 Å². The van der Waals surface area contributed by atoms with Crippen LogP contribution in [-0.4, -0.2) is 15.9 Å². The summed E-state index contributed by atoms with van der Waals surface area (Å²) in [5.74, 6) is 0.304. The number of nitrogens with one attached hydrogen (secondary N) is 2. The Hall–Kier alpha value is -3.21. The number of hydrogen-bond donors (Lipinski definition) is 2. The van der Waals surface area contributed by atoms with Crippen LogP contribution in [0.1, 0.15) is 21.6 Å². The van der Waals surface area contributed by atoms with E-state index in [1.54, 1.807) is 6.07 Å². The standard InChI is InChI=1S/C19H18N4O/c1-13-8-9-16(10-14(13)2)22-18-11-17(20-12-21-18)19(24)23-15-6-4-3-5-7-15/h3-12H,1-2H3,(H,23,24)(H,20,21,22).